The average molecular weight is 315 g/mol. The first-order chi connectivity index (χ1) is 8.66. The monoisotopic (exact) mass is 314 g/mol. The van der Waals surface area contributed by atoms with Crippen LogP contribution in [0.15, 0.2) is 22.7 Å². The standard InChI is InChI=1S/C13H16BrFN2O/c14-11-7-10(15)5-4-9(11)8-17-12-3-1-2-6-16-13(12)18/h4-5,7,12,17H,1-3,6,8H2,(H,16,18)/t12-/m0/s1. The number of carbonyl (C=O) groups excluding carboxylic acids is 1. The number of rotatable bonds is 3. The summed E-state index contributed by atoms with van der Waals surface area (Å²) in [5.41, 5.74) is 0.952. The first-order valence-corrected chi connectivity index (χ1v) is 6.91. The number of carbonyl (C=O) groups is 1. The molecular formula is C13H16BrFN2O. The first kappa shape index (κ1) is 13.5. The highest BCUT2D eigenvalue weighted by Gasteiger charge is 2.19. The summed E-state index contributed by atoms with van der Waals surface area (Å²) in [6, 6.07) is 4.43. The van der Waals surface area contributed by atoms with Crippen LogP contribution in [0, 0.1) is 5.82 Å². The van der Waals surface area contributed by atoms with E-state index in [9.17, 15) is 9.18 Å². The van der Waals surface area contributed by atoms with Crippen LogP contribution >= 0.6 is 15.9 Å². The third kappa shape index (κ3) is 3.53. The number of hydrogen-bond donors (Lipinski definition) is 2. The number of amides is 1. The summed E-state index contributed by atoms with van der Waals surface area (Å²) < 4.78 is 13.7. The maximum atomic E-state index is 12.9. The largest absolute Gasteiger partial charge is 0.355 e. The highest BCUT2D eigenvalue weighted by atomic mass is 79.9. The molecule has 1 aromatic carbocycles. The van der Waals surface area contributed by atoms with Gasteiger partial charge in [0.1, 0.15) is 5.82 Å². The van der Waals surface area contributed by atoms with Crippen molar-refractivity contribution in [2.45, 2.75) is 31.8 Å². The number of nitrogens with one attached hydrogen (secondary N) is 2. The fourth-order valence-electron chi connectivity index (χ4n) is 2.03. The summed E-state index contributed by atoms with van der Waals surface area (Å²) in [5, 5.41) is 6.10. The second-order valence-corrected chi connectivity index (χ2v) is 5.31. The van der Waals surface area contributed by atoms with Gasteiger partial charge in [0, 0.05) is 17.6 Å². The van der Waals surface area contributed by atoms with Crippen LogP contribution in [0.25, 0.3) is 0 Å². The summed E-state index contributed by atoms with van der Waals surface area (Å²) >= 11 is 3.32. The van der Waals surface area contributed by atoms with Crippen LogP contribution in [0.2, 0.25) is 0 Å². The van der Waals surface area contributed by atoms with Gasteiger partial charge >= 0.3 is 0 Å². The topological polar surface area (TPSA) is 41.1 Å². The molecule has 0 radical (unpaired) electrons. The Labute approximate surface area is 114 Å². The lowest BCUT2D eigenvalue weighted by molar-refractivity contribution is -0.122. The van der Waals surface area contributed by atoms with Crippen molar-refractivity contribution in [3.05, 3.63) is 34.1 Å². The molecule has 1 atom stereocenters. The van der Waals surface area contributed by atoms with Crippen molar-refractivity contribution in [2.24, 2.45) is 0 Å². The van der Waals surface area contributed by atoms with Crippen molar-refractivity contribution in [1.82, 2.24) is 10.6 Å². The van der Waals surface area contributed by atoms with E-state index in [-0.39, 0.29) is 17.8 Å². The lowest BCUT2D eigenvalue weighted by atomic mass is 10.1. The Balaban J connectivity index is 1.95. The van der Waals surface area contributed by atoms with Crippen molar-refractivity contribution in [3.8, 4) is 0 Å². The Hall–Kier alpha value is -0.940. The van der Waals surface area contributed by atoms with Gasteiger partial charge in [-0.05, 0) is 37.0 Å². The van der Waals surface area contributed by atoms with Gasteiger partial charge in [-0.15, -0.1) is 0 Å². The zero-order chi connectivity index (χ0) is 13.0. The third-order valence-corrected chi connectivity index (χ3v) is 3.83. The average Bonchev–Trinajstić information content (AvgIpc) is 2.53. The fraction of sp³-hybridized carbons (Fsp3) is 0.462. The fourth-order valence-corrected chi connectivity index (χ4v) is 2.52. The van der Waals surface area contributed by atoms with Gasteiger partial charge in [0.25, 0.3) is 0 Å². The lowest BCUT2D eigenvalue weighted by Crippen LogP contribution is -2.42. The molecule has 0 aromatic heterocycles. The molecule has 0 spiro atoms. The quantitative estimate of drug-likeness (QED) is 0.899. The van der Waals surface area contributed by atoms with Crippen molar-refractivity contribution in [2.75, 3.05) is 6.54 Å². The van der Waals surface area contributed by atoms with E-state index in [2.05, 4.69) is 26.6 Å². The summed E-state index contributed by atoms with van der Waals surface area (Å²) in [7, 11) is 0. The first-order valence-electron chi connectivity index (χ1n) is 6.12. The molecule has 2 N–H and O–H groups in total. The predicted molar refractivity (Wildman–Crippen MR) is 71.6 cm³/mol. The molecule has 1 saturated heterocycles. The molecule has 0 saturated carbocycles. The maximum absolute atomic E-state index is 12.9. The molecule has 1 heterocycles. The zero-order valence-corrected chi connectivity index (χ0v) is 11.6. The lowest BCUT2D eigenvalue weighted by Gasteiger charge is -2.15. The van der Waals surface area contributed by atoms with Crippen molar-refractivity contribution in [1.29, 1.82) is 0 Å². The van der Waals surface area contributed by atoms with Crippen LogP contribution in [-0.2, 0) is 11.3 Å². The minimum atomic E-state index is -0.266. The molecule has 1 aliphatic rings. The summed E-state index contributed by atoms with van der Waals surface area (Å²) in [5.74, 6) is -0.205. The molecule has 0 aliphatic carbocycles. The van der Waals surface area contributed by atoms with E-state index in [0.29, 0.717) is 6.54 Å². The van der Waals surface area contributed by atoms with E-state index < -0.39 is 0 Å². The van der Waals surface area contributed by atoms with Crippen LogP contribution < -0.4 is 10.6 Å². The van der Waals surface area contributed by atoms with E-state index in [1.54, 1.807) is 6.07 Å². The normalized spacial score (nSPS) is 20.3. The SMILES string of the molecule is O=C1NCCCC[C@@H]1NCc1ccc(F)cc1Br. The van der Waals surface area contributed by atoms with Crippen LogP contribution in [0.3, 0.4) is 0 Å². The Morgan fingerprint density at radius 2 is 2.28 bits per heavy atom. The smallest absolute Gasteiger partial charge is 0.237 e. The van der Waals surface area contributed by atoms with Crippen molar-refractivity contribution in [3.63, 3.8) is 0 Å². The van der Waals surface area contributed by atoms with Crippen LogP contribution in [-0.4, -0.2) is 18.5 Å². The maximum Gasteiger partial charge on any atom is 0.237 e. The second-order valence-electron chi connectivity index (χ2n) is 4.46. The molecule has 98 valence electrons. The summed E-state index contributed by atoms with van der Waals surface area (Å²) in [6.45, 7) is 1.32. The molecule has 5 heteroatoms. The van der Waals surface area contributed by atoms with Crippen LogP contribution in [0.4, 0.5) is 4.39 Å². The van der Waals surface area contributed by atoms with Gasteiger partial charge in [0.2, 0.25) is 5.91 Å². The Kier molecular flexibility index (Phi) is 4.72. The molecule has 1 amide bonds. The third-order valence-electron chi connectivity index (χ3n) is 3.09. The van der Waals surface area contributed by atoms with E-state index >= 15 is 0 Å². The van der Waals surface area contributed by atoms with Crippen molar-refractivity contribution < 1.29 is 9.18 Å². The molecular weight excluding hydrogens is 299 g/mol. The molecule has 2 rings (SSSR count). The van der Waals surface area contributed by atoms with Crippen molar-refractivity contribution >= 4 is 21.8 Å². The molecule has 1 aliphatic heterocycles. The molecule has 1 fully saturated rings. The summed E-state index contributed by atoms with van der Waals surface area (Å²) in [6.07, 6.45) is 2.93. The number of hydrogen-bond acceptors (Lipinski definition) is 2. The number of benzene rings is 1. The molecule has 0 bridgehead atoms. The second kappa shape index (κ2) is 6.29. The van der Waals surface area contributed by atoms with E-state index in [4.69, 9.17) is 0 Å². The van der Waals surface area contributed by atoms with Gasteiger partial charge < -0.3 is 10.6 Å². The van der Waals surface area contributed by atoms with Gasteiger partial charge in [-0.1, -0.05) is 22.0 Å². The van der Waals surface area contributed by atoms with Gasteiger partial charge in [0.15, 0.2) is 0 Å². The molecule has 0 unspecified atom stereocenters. The molecule has 18 heavy (non-hydrogen) atoms. The van der Waals surface area contributed by atoms with E-state index in [1.807, 2.05) is 0 Å². The molecule has 3 nitrogen and oxygen atoms in total. The minimum absolute atomic E-state index is 0.0609. The highest BCUT2D eigenvalue weighted by Crippen LogP contribution is 2.18. The van der Waals surface area contributed by atoms with Crippen LogP contribution in [0.5, 0.6) is 0 Å². The minimum Gasteiger partial charge on any atom is -0.355 e. The number of halogens is 2. The van der Waals surface area contributed by atoms with Gasteiger partial charge in [-0.25, -0.2) is 4.39 Å². The zero-order valence-electron chi connectivity index (χ0n) is 10.0. The predicted octanol–water partition coefficient (Wildman–Crippen LogP) is 2.35. The van der Waals surface area contributed by atoms with Gasteiger partial charge in [0.05, 0.1) is 6.04 Å². The Morgan fingerprint density at radius 1 is 1.44 bits per heavy atom. The molecule has 1 aromatic rings. The Bertz CT molecular complexity index is 439. The van der Waals surface area contributed by atoms with E-state index in [1.165, 1.54) is 12.1 Å². The van der Waals surface area contributed by atoms with Crippen LogP contribution in [0.1, 0.15) is 24.8 Å². The van der Waals surface area contributed by atoms with Gasteiger partial charge in [-0.2, -0.15) is 0 Å². The summed E-state index contributed by atoms with van der Waals surface area (Å²) in [4.78, 5) is 11.7. The Morgan fingerprint density at radius 3 is 3.06 bits per heavy atom. The highest BCUT2D eigenvalue weighted by molar-refractivity contribution is 9.10. The van der Waals surface area contributed by atoms with E-state index in [0.717, 1.165) is 35.8 Å². The van der Waals surface area contributed by atoms with Gasteiger partial charge in [-0.3, -0.25) is 4.79 Å².